The quantitative estimate of drug-likeness (QED) is 0.597. The Labute approximate surface area is 190 Å². The van der Waals surface area contributed by atoms with Gasteiger partial charge >= 0.3 is 0 Å². The topological polar surface area (TPSA) is 107 Å². The van der Waals surface area contributed by atoms with E-state index in [4.69, 9.17) is 14.2 Å². The molecule has 1 aromatic heterocycles. The van der Waals surface area contributed by atoms with Crippen molar-refractivity contribution in [2.24, 2.45) is 0 Å². The van der Waals surface area contributed by atoms with Gasteiger partial charge in [-0.05, 0) is 48.2 Å². The molecule has 1 atom stereocenters. The lowest BCUT2D eigenvalue weighted by atomic mass is 9.81. The van der Waals surface area contributed by atoms with Gasteiger partial charge in [0.2, 0.25) is 0 Å². The number of ether oxygens (including phenoxy) is 3. The van der Waals surface area contributed by atoms with Crippen LogP contribution >= 0.6 is 0 Å². The summed E-state index contributed by atoms with van der Waals surface area (Å²) in [6.45, 7) is 0. The fraction of sp³-hybridized carbons (Fsp3) is 0.240. The first kappa shape index (κ1) is 22.1. The fourth-order valence-electron chi connectivity index (χ4n) is 4.08. The number of aromatic nitrogens is 1. The van der Waals surface area contributed by atoms with Crippen molar-refractivity contribution in [3.05, 3.63) is 81.3 Å². The molecule has 8 heteroatoms. The van der Waals surface area contributed by atoms with Crippen LogP contribution in [0.4, 0.5) is 5.69 Å². The van der Waals surface area contributed by atoms with Gasteiger partial charge in [-0.15, -0.1) is 0 Å². The summed E-state index contributed by atoms with van der Waals surface area (Å²) in [6.07, 6.45) is 0.711. The number of anilines is 1. The smallest absolute Gasteiger partial charge is 0.261 e. The number of H-pyrrole nitrogens is 1. The van der Waals surface area contributed by atoms with E-state index in [1.54, 1.807) is 44.6 Å². The Balaban J connectivity index is 1.62. The highest BCUT2D eigenvalue weighted by Gasteiger charge is 2.29. The highest BCUT2D eigenvalue weighted by atomic mass is 16.5. The molecule has 0 fully saturated rings. The lowest BCUT2D eigenvalue weighted by molar-refractivity contribution is 0.0963. The summed E-state index contributed by atoms with van der Waals surface area (Å²) in [5.74, 6) is 0.757. The lowest BCUT2D eigenvalue weighted by Gasteiger charge is -2.24. The van der Waals surface area contributed by atoms with E-state index in [9.17, 15) is 14.4 Å². The largest absolute Gasteiger partial charge is 0.495 e. The van der Waals surface area contributed by atoms with Gasteiger partial charge in [-0.2, -0.15) is 0 Å². The number of aromatic amines is 1. The maximum atomic E-state index is 13.0. The Hall–Kier alpha value is -4.07. The van der Waals surface area contributed by atoms with Gasteiger partial charge in [-0.1, -0.05) is 18.2 Å². The van der Waals surface area contributed by atoms with Gasteiger partial charge in [0, 0.05) is 17.7 Å². The molecule has 2 N–H and O–H groups in total. The van der Waals surface area contributed by atoms with Crippen LogP contribution < -0.4 is 25.1 Å². The molecule has 1 amide bonds. The van der Waals surface area contributed by atoms with E-state index in [0.717, 1.165) is 5.56 Å². The first-order chi connectivity index (χ1) is 15.9. The Morgan fingerprint density at radius 2 is 1.64 bits per heavy atom. The van der Waals surface area contributed by atoms with E-state index in [1.807, 2.05) is 12.1 Å². The minimum atomic E-state index is -0.613. The summed E-state index contributed by atoms with van der Waals surface area (Å²) in [5.41, 5.74) is 1.54. The Bertz CT molecular complexity index is 1280. The van der Waals surface area contributed by atoms with Crippen molar-refractivity contribution in [3.8, 4) is 17.2 Å². The van der Waals surface area contributed by atoms with Gasteiger partial charge in [-0.3, -0.25) is 14.4 Å². The van der Waals surface area contributed by atoms with Crippen molar-refractivity contribution in [3.63, 3.8) is 0 Å². The molecule has 4 rings (SSSR count). The van der Waals surface area contributed by atoms with Gasteiger partial charge in [0.15, 0.2) is 17.3 Å². The van der Waals surface area contributed by atoms with E-state index in [-0.39, 0.29) is 23.7 Å². The van der Waals surface area contributed by atoms with Crippen LogP contribution in [0.3, 0.4) is 0 Å². The van der Waals surface area contributed by atoms with Crippen molar-refractivity contribution in [1.29, 1.82) is 0 Å². The van der Waals surface area contributed by atoms with E-state index < -0.39 is 11.5 Å². The SMILES string of the molecule is COc1ccccc1NC(=O)c1cc2c([nH]c1=O)C[C@H](c1ccc(OC)c(OC)c1)CC2=O. The highest BCUT2D eigenvalue weighted by Crippen LogP contribution is 2.36. The number of nitrogens with one attached hydrogen (secondary N) is 2. The summed E-state index contributed by atoms with van der Waals surface area (Å²) in [6, 6.07) is 13.8. The van der Waals surface area contributed by atoms with Gasteiger partial charge < -0.3 is 24.5 Å². The molecule has 2 aromatic carbocycles. The summed E-state index contributed by atoms with van der Waals surface area (Å²) in [5, 5.41) is 2.68. The molecule has 3 aromatic rings. The van der Waals surface area contributed by atoms with E-state index in [2.05, 4.69) is 10.3 Å². The number of fused-ring (bicyclic) bond motifs is 1. The second-order valence-corrected chi connectivity index (χ2v) is 7.70. The Morgan fingerprint density at radius 1 is 0.909 bits per heavy atom. The molecule has 170 valence electrons. The Morgan fingerprint density at radius 3 is 2.36 bits per heavy atom. The molecule has 0 unspecified atom stereocenters. The Kier molecular flexibility index (Phi) is 6.17. The molecule has 0 radical (unpaired) electrons. The van der Waals surface area contributed by atoms with Gasteiger partial charge in [0.1, 0.15) is 11.3 Å². The van der Waals surface area contributed by atoms with Crippen LogP contribution in [0.5, 0.6) is 17.2 Å². The molecule has 0 saturated heterocycles. The van der Waals surface area contributed by atoms with Crippen molar-refractivity contribution < 1.29 is 23.8 Å². The number of hydrogen-bond donors (Lipinski definition) is 2. The number of rotatable bonds is 6. The lowest BCUT2D eigenvalue weighted by Crippen LogP contribution is -2.29. The number of benzene rings is 2. The van der Waals surface area contributed by atoms with Crippen molar-refractivity contribution in [1.82, 2.24) is 4.98 Å². The number of carbonyl (C=O) groups excluding carboxylic acids is 2. The number of Topliss-reactive ketones (excluding diaryl/α,β-unsaturated/α-hetero) is 1. The van der Waals surface area contributed by atoms with Crippen molar-refractivity contribution >= 4 is 17.4 Å². The van der Waals surface area contributed by atoms with Gasteiger partial charge in [0.05, 0.1) is 27.0 Å². The van der Waals surface area contributed by atoms with Crippen LogP contribution in [0.15, 0.2) is 53.3 Å². The summed E-state index contributed by atoms with van der Waals surface area (Å²) in [4.78, 5) is 41.2. The average molecular weight is 448 g/mol. The zero-order valence-corrected chi connectivity index (χ0v) is 18.6. The number of pyridine rings is 1. The third-order valence-corrected chi connectivity index (χ3v) is 5.78. The third-order valence-electron chi connectivity index (χ3n) is 5.78. The number of methoxy groups -OCH3 is 3. The van der Waals surface area contributed by atoms with E-state index >= 15 is 0 Å². The molecular formula is C25H24N2O6. The molecule has 33 heavy (non-hydrogen) atoms. The molecule has 0 saturated carbocycles. The van der Waals surface area contributed by atoms with Crippen molar-refractivity contribution in [2.45, 2.75) is 18.8 Å². The van der Waals surface area contributed by atoms with Crippen LogP contribution in [0.25, 0.3) is 0 Å². The molecule has 0 aliphatic heterocycles. The molecule has 0 bridgehead atoms. The summed E-state index contributed by atoms with van der Waals surface area (Å²) < 4.78 is 15.9. The molecular weight excluding hydrogens is 424 g/mol. The molecule has 0 spiro atoms. The molecule has 1 aliphatic rings. The average Bonchev–Trinajstić information content (AvgIpc) is 2.83. The first-order valence-electron chi connectivity index (χ1n) is 10.4. The predicted octanol–water partition coefficient (Wildman–Crippen LogP) is 3.57. The summed E-state index contributed by atoms with van der Waals surface area (Å²) >= 11 is 0. The van der Waals surface area contributed by atoms with E-state index in [1.165, 1.54) is 13.2 Å². The predicted molar refractivity (Wildman–Crippen MR) is 123 cm³/mol. The zero-order chi connectivity index (χ0) is 23.5. The molecule has 1 heterocycles. The van der Waals surface area contributed by atoms with Crippen LogP contribution in [-0.4, -0.2) is 38.0 Å². The maximum absolute atomic E-state index is 13.0. The van der Waals surface area contributed by atoms with E-state index in [0.29, 0.717) is 40.6 Å². The monoisotopic (exact) mass is 448 g/mol. The van der Waals surface area contributed by atoms with Crippen LogP contribution in [-0.2, 0) is 6.42 Å². The number of amides is 1. The minimum absolute atomic E-state index is 0.127. The summed E-state index contributed by atoms with van der Waals surface area (Å²) in [7, 11) is 4.60. The third kappa shape index (κ3) is 4.32. The van der Waals surface area contributed by atoms with Crippen LogP contribution in [0.1, 0.15) is 44.3 Å². The highest BCUT2D eigenvalue weighted by molar-refractivity contribution is 6.07. The number of carbonyl (C=O) groups is 2. The fourth-order valence-corrected chi connectivity index (χ4v) is 4.08. The maximum Gasteiger partial charge on any atom is 0.261 e. The number of ketones is 1. The van der Waals surface area contributed by atoms with Gasteiger partial charge in [-0.25, -0.2) is 0 Å². The second-order valence-electron chi connectivity index (χ2n) is 7.70. The standard InChI is InChI=1S/C25H24N2O6/c1-31-21-7-5-4-6-18(21)26-24(29)17-13-16-19(27-25(17)30)10-15(11-20(16)28)14-8-9-22(32-2)23(12-14)33-3/h4-9,12-13,15H,10-11H2,1-3H3,(H,26,29)(H,27,30)/t15-/m0/s1. The minimum Gasteiger partial charge on any atom is -0.495 e. The van der Waals surface area contributed by atoms with Crippen molar-refractivity contribution in [2.75, 3.05) is 26.6 Å². The normalized spacial score (nSPS) is 14.9. The number of para-hydroxylation sites is 2. The molecule has 1 aliphatic carbocycles. The zero-order valence-electron chi connectivity index (χ0n) is 18.6. The first-order valence-corrected chi connectivity index (χ1v) is 10.4. The molecule has 8 nitrogen and oxygen atoms in total. The number of hydrogen-bond acceptors (Lipinski definition) is 6. The van der Waals surface area contributed by atoms with Crippen LogP contribution in [0, 0.1) is 0 Å². The van der Waals surface area contributed by atoms with Crippen LogP contribution in [0.2, 0.25) is 0 Å². The second kappa shape index (κ2) is 9.20. The van der Waals surface area contributed by atoms with Gasteiger partial charge in [0.25, 0.3) is 11.5 Å².